The van der Waals surface area contributed by atoms with Gasteiger partial charge in [0.25, 0.3) is 0 Å². The summed E-state index contributed by atoms with van der Waals surface area (Å²) >= 11 is 23.7. The quantitative estimate of drug-likeness (QED) is 0.348. The highest BCUT2D eigenvalue weighted by Crippen LogP contribution is 2.46. The molecule has 0 unspecified atom stereocenters. The molecule has 0 heterocycles. The summed E-state index contributed by atoms with van der Waals surface area (Å²) in [4.78, 5) is 10.3. The van der Waals surface area contributed by atoms with Gasteiger partial charge in [-0.05, 0) is 24.8 Å². The van der Waals surface area contributed by atoms with Crippen LogP contribution in [0, 0.1) is 0 Å². The number of carbonyl (C=O) groups is 1. The molecular formula is C11H17Cl4NO4S2. The summed E-state index contributed by atoms with van der Waals surface area (Å²) in [5, 5.41) is -0.577. The molecule has 0 N–H and O–H groups in total. The summed E-state index contributed by atoms with van der Waals surface area (Å²) < 4.78 is 29.0. The lowest BCUT2D eigenvalue weighted by atomic mass is 10.0. The fourth-order valence-electron chi connectivity index (χ4n) is 2.05. The van der Waals surface area contributed by atoms with Crippen molar-refractivity contribution in [1.29, 1.82) is 0 Å². The van der Waals surface area contributed by atoms with Gasteiger partial charge in [0, 0.05) is 0 Å². The number of esters is 1. The lowest BCUT2D eigenvalue weighted by molar-refractivity contribution is -0.140. The number of methoxy groups -OCH3 is 1. The van der Waals surface area contributed by atoms with Crippen molar-refractivity contribution in [2.75, 3.05) is 13.7 Å². The zero-order chi connectivity index (χ0) is 17.0. The SMILES string of the molecule is COC(=O)CN(SC(Cl)(Cl)C(Cl)Cl)S(=O)(=O)C1CCCCC1. The predicted octanol–water partition coefficient (Wildman–Crippen LogP) is 3.71. The number of nitrogens with zero attached hydrogens (tertiary/aromatic N) is 1. The number of ether oxygens (including phenoxy) is 1. The van der Waals surface area contributed by atoms with E-state index in [0.717, 1.165) is 23.0 Å². The molecule has 0 amide bonds. The highest BCUT2D eigenvalue weighted by molar-refractivity contribution is 8.11. The van der Waals surface area contributed by atoms with E-state index >= 15 is 0 Å². The van der Waals surface area contributed by atoms with Gasteiger partial charge < -0.3 is 4.74 Å². The number of hydrogen-bond acceptors (Lipinski definition) is 5. The van der Waals surface area contributed by atoms with Gasteiger partial charge in [-0.15, -0.1) is 26.9 Å². The Balaban J connectivity index is 3.00. The van der Waals surface area contributed by atoms with E-state index in [1.807, 2.05) is 0 Å². The second kappa shape index (κ2) is 8.83. The third-order valence-electron chi connectivity index (χ3n) is 3.22. The van der Waals surface area contributed by atoms with Gasteiger partial charge >= 0.3 is 5.97 Å². The van der Waals surface area contributed by atoms with E-state index in [0.29, 0.717) is 24.8 Å². The van der Waals surface area contributed by atoms with Gasteiger partial charge in [0.05, 0.1) is 12.4 Å². The third-order valence-corrected chi connectivity index (χ3v) is 9.10. The molecule has 11 heteroatoms. The van der Waals surface area contributed by atoms with Gasteiger partial charge in [-0.25, -0.2) is 8.42 Å². The van der Waals surface area contributed by atoms with Gasteiger partial charge in [0.2, 0.25) is 13.7 Å². The molecule has 130 valence electrons. The van der Waals surface area contributed by atoms with E-state index in [-0.39, 0.29) is 0 Å². The summed E-state index contributed by atoms with van der Waals surface area (Å²) in [6, 6.07) is 0. The number of alkyl halides is 4. The first-order valence-corrected chi connectivity index (χ1v) is 10.4. The molecule has 0 atom stereocenters. The average Bonchev–Trinajstić information content (AvgIpc) is 2.46. The van der Waals surface area contributed by atoms with Gasteiger partial charge in [-0.2, -0.15) is 0 Å². The van der Waals surface area contributed by atoms with Crippen LogP contribution < -0.4 is 0 Å². The first-order valence-electron chi connectivity index (χ1n) is 6.54. The van der Waals surface area contributed by atoms with Crippen LogP contribution in [0.25, 0.3) is 0 Å². The van der Waals surface area contributed by atoms with Crippen LogP contribution in [0.5, 0.6) is 0 Å². The van der Waals surface area contributed by atoms with E-state index < -0.39 is 36.3 Å². The Morgan fingerprint density at radius 2 is 1.86 bits per heavy atom. The summed E-state index contributed by atoms with van der Waals surface area (Å²) in [7, 11) is -2.62. The summed E-state index contributed by atoms with van der Waals surface area (Å²) in [6.07, 6.45) is 3.70. The number of sulfonamides is 1. The van der Waals surface area contributed by atoms with E-state index in [4.69, 9.17) is 46.4 Å². The minimum atomic E-state index is -3.79. The average molecular weight is 433 g/mol. The molecule has 0 aromatic heterocycles. The smallest absolute Gasteiger partial charge is 0.322 e. The standard InChI is InChI=1S/C11H17Cl4NO4S2/c1-20-9(17)7-16(21-11(14,15)10(12)13)22(18,19)8-5-3-2-4-6-8/h8,10H,2-7H2,1H3. The maximum atomic E-state index is 12.7. The van der Waals surface area contributed by atoms with Gasteiger partial charge in [-0.1, -0.05) is 42.5 Å². The Morgan fingerprint density at radius 1 is 1.32 bits per heavy atom. The molecule has 0 saturated heterocycles. The third kappa shape index (κ3) is 5.76. The van der Waals surface area contributed by atoms with Crippen LogP contribution in [-0.2, 0) is 19.6 Å². The molecular weight excluding hydrogens is 416 g/mol. The number of rotatable bonds is 7. The second-order valence-electron chi connectivity index (χ2n) is 4.80. The maximum Gasteiger partial charge on any atom is 0.322 e. The molecule has 1 rings (SSSR count). The van der Waals surface area contributed by atoms with Crippen molar-refractivity contribution in [3.63, 3.8) is 0 Å². The van der Waals surface area contributed by atoms with Crippen LogP contribution in [0.15, 0.2) is 0 Å². The van der Waals surface area contributed by atoms with Crippen molar-refractivity contribution in [2.45, 2.75) is 45.9 Å². The molecule has 0 aliphatic heterocycles. The number of carbonyl (C=O) groups excluding carboxylic acids is 1. The maximum absolute atomic E-state index is 12.7. The number of hydrogen-bond donors (Lipinski definition) is 0. The van der Waals surface area contributed by atoms with Gasteiger partial charge in [0.15, 0.2) is 4.84 Å². The first kappa shape index (κ1) is 20.9. The molecule has 5 nitrogen and oxygen atoms in total. The highest BCUT2D eigenvalue weighted by atomic mass is 35.5. The van der Waals surface area contributed by atoms with Crippen molar-refractivity contribution >= 4 is 74.3 Å². The molecule has 1 saturated carbocycles. The Labute approximate surface area is 155 Å². The molecule has 0 aromatic carbocycles. The molecule has 0 radical (unpaired) electrons. The Hall–Kier alpha value is 0.890. The zero-order valence-electron chi connectivity index (χ0n) is 11.8. The van der Waals surface area contributed by atoms with E-state index in [1.54, 1.807) is 0 Å². The fraction of sp³-hybridized carbons (Fsp3) is 0.909. The molecule has 1 aliphatic rings. The Morgan fingerprint density at radius 3 is 2.32 bits per heavy atom. The minimum Gasteiger partial charge on any atom is -0.468 e. The first-order chi connectivity index (χ1) is 10.1. The van der Waals surface area contributed by atoms with Gasteiger partial charge in [0.1, 0.15) is 6.54 Å². The van der Waals surface area contributed by atoms with E-state index in [9.17, 15) is 13.2 Å². The monoisotopic (exact) mass is 431 g/mol. The van der Waals surface area contributed by atoms with E-state index in [2.05, 4.69) is 4.74 Å². The summed E-state index contributed by atoms with van der Waals surface area (Å²) in [5.41, 5.74) is 0. The lowest BCUT2D eigenvalue weighted by Gasteiger charge is -2.31. The largest absolute Gasteiger partial charge is 0.468 e. The Bertz CT molecular complexity index is 480. The Kier molecular flexibility index (Phi) is 8.40. The molecule has 1 aliphatic carbocycles. The minimum absolute atomic E-state index is 0.511. The highest BCUT2D eigenvalue weighted by Gasteiger charge is 2.43. The van der Waals surface area contributed by atoms with Crippen molar-refractivity contribution in [3.8, 4) is 0 Å². The van der Waals surface area contributed by atoms with Crippen LogP contribution in [0.2, 0.25) is 0 Å². The van der Waals surface area contributed by atoms with Crippen molar-refractivity contribution in [2.24, 2.45) is 0 Å². The van der Waals surface area contributed by atoms with Crippen molar-refractivity contribution in [3.05, 3.63) is 0 Å². The van der Waals surface area contributed by atoms with Crippen LogP contribution in [-0.4, -0.2) is 45.5 Å². The van der Waals surface area contributed by atoms with Crippen molar-refractivity contribution < 1.29 is 17.9 Å². The zero-order valence-corrected chi connectivity index (χ0v) is 16.5. The molecule has 0 spiro atoms. The van der Waals surface area contributed by atoms with Crippen LogP contribution in [0.1, 0.15) is 32.1 Å². The molecule has 1 fully saturated rings. The van der Waals surface area contributed by atoms with Gasteiger partial charge in [-0.3, -0.25) is 4.79 Å². The topological polar surface area (TPSA) is 63.7 Å². The van der Waals surface area contributed by atoms with Crippen LogP contribution in [0.3, 0.4) is 0 Å². The molecule has 22 heavy (non-hydrogen) atoms. The normalized spacial score (nSPS) is 18.0. The lowest BCUT2D eigenvalue weighted by Crippen LogP contribution is -2.41. The summed E-state index contributed by atoms with van der Waals surface area (Å²) in [5.74, 6) is -0.725. The van der Waals surface area contributed by atoms with Crippen LogP contribution >= 0.6 is 58.4 Å². The van der Waals surface area contributed by atoms with E-state index in [1.165, 1.54) is 7.11 Å². The molecule has 0 aromatic rings. The predicted molar refractivity (Wildman–Crippen MR) is 92.0 cm³/mol. The van der Waals surface area contributed by atoms with Crippen LogP contribution in [0.4, 0.5) is 0 Å². The second-order valence-corrected chi connectivity index (χ2v) is 11.4. The number of halogens is 4. The summed E-state index contributed by atoms with van der Waals surface area (Å²) in [6.45, 7) is -0.512. The fourth-order valence-corrected chi connectivity index (χ4v) is 6.23. The van der Waals surface area contributed by atoms with Crippen molar-refractivity contribution in [1.82, 2.24) is 3.71 Å². The molecule has 0 bridgehead atoms.